The van der Waals surface area contributed by atoms with Crippen molar-refractivity contribution >= 4 is 34.8 Å². The molecule has 2 rings (SSSR count). The predicted octanol–water partition coefficient (Wildman–Crippen LogP) is 4.32. The number of benzene rings is 1. The zero-order valence-electron chi connectivity index (χ0n) is 9.28. The Morgan fingerprint density at radius 2 is 1.78 bits per heavy atom. The van der Waals surface area contributed by atoms with Gasteiger partial charge in [-0.15, -0.1) is 0 Å². The molecule has 0 radical (unpaired) electrons. The van der Waals surface area contributed by atoms with Crippen LogP contribution >= 0.6 is 34.8 Å². The SMILES string of the molecule is OC(Cc1ccncc1Cl)c1cc(Cl)cc(Cl)c1. The maximum absolute atomic E-state index is 10.2. The molecule has 1 aromatic heterocycles. The van der Waals surface area contributed by atoms with E-state index in [-0.39, 0.29) is 0 Å². The summed E-state index contributed by atoms with van der Waals surface area (Å²) in [5.74, 6) is 0. The van der Waals surface area contributed by atoms with Crippen molar-refractivity contribution in [2.45, 2.75) is 12.5 Å². The summed E-state index contributed by atoms with van der Waals surface area (Å²) < 4.78 is 0. The summed E-state index contributed by atoms with van der Waals surface area (Å²) in [6.45, 7) is 0. The first-order chi connectivity index (χ1) is 8.56. The Morgan fingerprint density at radius 1 is 1.11 bits per heavy atom. The van der Waals surface area contributed by atoms with E-state index < -0.39 is 6.10 Å². The topological polar surface area (TPSA) is 33.1 Å². The average Bonchev–Trinajstić information content (AvgIpc) is 2.31. The fourth-order valence-corrected chi connectivity index (χ4v) is 2.40. The highest BCUT2D eigenvalue weighted by atomic mass is 35.5. The first kappa shape index (κ1) is 13.6. The van der Waals surface area contributed by atoms with Crippen molar-refractivity contribution in [3.8, 4) is 0 Å². The molecule has 1 unspecified atom stereocenters. The fraction of sp³-hybridized carbons (Fsp3) is 0.154. The molecule has 0 aliphatic carbocycles. The summed E-state index contributed by atoms with van der Waals surface area (Å²) in [6, 6.07) is 6.77. The van der Waals surface area contributed by atoms with Crippen molar-refractivity contribution in [3.05, 3.63) is 62.9 Å². The molecule has 2 nitrogen and oxygen atoms in total. The molecule has 0 aliphatic rings. The molecule has 0 aliphatic heterocycles. The average molecular weight is 303 g/mol. The van der Waals surface area contributed by atoms with Crippen LogP contribution in [-0.2, 0) is 6.42 Å². The molecule has 94 valence electrons. The van der Waals surface area contributed by atoms with Gasteiger partial charge in [-0.25, -0.2) is 0 Å². The molecule has 0 spiro atoms. The van der Waals surface area contributed by atoms with Gasteiger partial charge in [-0.1, -0.05) is 34.8 Å². The quantitative estimate of drug-likeness (QED) is 0.916. The zero-order chi connectivity index (χ0) is 13.1. The first-order valence-corrected chi connectivity index (χ1v) is 6.42. The Balaban J connectivity index is 2.22. The van der Waals surface area contributed by atoms with Gasteiger partial charge in [-0.05, 0) is 35.4 Å². The molecule has 5 heteroatoms. The fourth-order valence-electron chi connectivity index (χ4n) is 1.66. The minimum Gasteiger partial charge on any atom is -0.388 e. The van der Waals surface area contributed by atoms with Crippen molar-refractivity contribution < 1.29 is 5.11 Å². The first-order valence-electron chi connectivity index (χ1n) is 5.28. The van der Waals surface area contributed by atoms with E-state index in [4.69, 9.17) is 34.8 Å². The summed E-state index contributed by atoms with van der Waals surface area (Å²) in [6.07, 6.45) is 2.87. The van der Waals surface area contributed by atoms with Crippen LogP contribution in [-0.4, -0.2) is 10.1 Å². The molecular weight excluding hydrogens is 293 g/mol. The number of halogens is 3. The lowest BCUT2D eigenvalue weighted by molar-refractivity contribution is 0.178. The van der Waals surface area contributed by atoms with Crippen molar-refractivity contribution in [2.24, 2.45) is 0 Å². The van der Waals surface area contributed by atoms with Gasteiger partial charge in [-0.3, -0.25) is 4.98 Å². The van der Waals surface area contributed by atoms with E-state index >= 15 is 0 Å². The Bertz CT molecular complexity index is 539. The highest BCUT2D eigenvalue weighted by Gasteiger charge is 2.12. The molecule has 0 saturated carbocycles. The van der Waals surface area contributed by atoms with Crippen LogP contribution in [0.2, 0.25) is 15.1 Å². The Morgan fingerprint density at radius 3 is 2.39 bits per heavy atom. The number of aliphatic hydroxyl groups is 1. The maximum atomic E-state index is 10.2. The lowest BCUT2D eigenvalue weighted by atomic mass is 10.0. The number of rotatable bonds is 3. The van der Waals surface area contributed by atoms with Crippen molar-refractivity contribution in [1.82, 2.24) is 4.98 Å². The summed E-state index contributed by atoms with van der Waals surface area (Å²) in [5, 5.41) is 11.7. The Hall–Kier alpha value is -0.800. The largest absolute Gasteiger partial charge is 0.388 e. The molecule has 1 N–H and O–H groups in total. The van der Waals surface area contributed by atoms with Gasteiger partial charge >= 0.3 is 0 Å². The zero-order valence-corrected chi connectivity index (χ0v) is 11.5. The lowest BCUT2D eigenvalue weighted by Gasteiger charge is -2.12. The van der Waals surface area contributed by atoms with Gasteiger partial charge in [0.25, 0.3) is 0 Å². The molecule has 1 heterocycles. The van der Waals surface area contributed by atoms with Crippen LogP contribution in [0.1, 0.15) is 17.2 Å². The van der Waals surface area contributed by atoms with E-state index in [9.17, 15) is 5.11 Å². The highest BCUT2D eigenvalue weighted by Crippen LogP contribution is 2.27. The Kier molecular flexibility index (Phi) is 4.46. The standard InChI is InChI=1S/C13H10Cl3NO/c14-10-3-9(4-11(15)6-10)13(18)5-8-1-2-17-7-12(8)16/h1-4,6-7,13,18H,5H2. The van der Waals surface area contributed by atoms with Gasteiger partial charge in [0.05, 0.1) is 11.1 Å². The molecular formula is C13H10Cl3NO. The summed E-state index contributed by atoms with van der Waals surface area (Å²) >= 11 is 17.8. The van der Waals surface area contributed by atoms with Crippen molar-refractivity contribution in [3.63, 3.8) is 0 Å². The minimum absolute atomic E-state index is 0.387. The second-order valence-corrected chi connectivity index (χ2v) is 5.17. The lowest BCUT2D eigenvalue weighted by Crippen LogP contribution is -2.02. The van der Waals surface area contributed by atoms with E-state index in [1.165, 1.54) is 0 Å². The van der Waals surface area contributed by atoms with Gasteiger partial charge in [-0.2, -0.15) is 0 Å². The van der Waals surface area contributed by atoms with E-state index in [2.05, 4.69) is 4.98 Å². The van der Waals surface area contributed by atoms with E-state index in [1.807, 2.05) is 0 Å². The summed E-state index contributed by atoms with van der Waals surface area (Å²) in [4.78, 5) is 3.90. The second-order valence-electron chi connectivity index (χ2n) is 3.89. The maximum Gasteiger partial charge on any atom is 0.0831 e. The van der Waals surface area contributed by atoms with E-state index in [0.29, 0.717) is 27.1 Å². The van der Waals surface area contributed by atoms with Crippen LogP contribution in [0.25, 0.3) is 0 Å². The molecule has 18 heavy (non-hydrogen) atoms. The molecule has 0 saturated heterocycles. The number of pyridine rings is 1. The molecule has 1 atom stereocenters. The number of aromatic nitrogens is 1. The second kappa shape index (κ2) is 5.89. The molecule has 0 amide bonds. The third-order valence-corrected chi connectivity index (χ3v) is 3.32. The monoisotopic (exact) mass is 301 g/mol. The van der Waals surface area contributed by atoms with Gasteiger partial charge in [0.2, 0.25) is 0 Å². The highest BCUT2D eigenvalue weighted by molar-refractivity contribution is 6.34. The van der Waals surface area contributed by atoms with Gasteiger partial charge in [0.15, 0.2) is 0 Å². The number of hydrogen-bond donors (Lipinski definition) is 1. The number of nitrogens with zero attached hydrogens (tertiary/aromatic N) is 1. The molecule has 2 aromatic rings. The minimum atomic E-state index is -0.707. The van der Waals surface area contributed by atoms with E-state index in [1.54, 1.807) is 36.7 Å². The molecule has 0 fully saturated rings. The van der Waals surface area contributed by atoms with Crippen LogP contribution in [0, 0.1) is 0 Å². The normalized spacial score (nSPS) is 12.4. The molecule has 0 bridgehead atoms. The van der Waals surface area contributed by atoms with E-state index in [0.717, 1.165) is 5.56 Å². The van der Waals surface area contributed by atoms with Gasteiger partial charge < -0.3 is 5.11 Å². The van der Waals surface area contributed by atoms with Gasteiger partial charge in [0.1, 0.15) is 0 Å². The summed E-state index contributed by atoms with van der Waals surface area (Å²) in [5.41, 5.74) is 1.50. The van der Waals surface area contributed by atoms with Crippen molar-refractivity contribution in [1.29, 1.82) is 0 Å². The summed E-state index contributed by atoms with van der Waals surface area (Å²) in [7, 11) is 0. The van der Waals surface area contributed by atoms with Crippen LogP contribution in [0.15, 0.2) is 36.7 Å². The number of aliphatic hydroxyl groups excluding tert-OH is 1. The molecule has 1 aromatic carbocycles. The van der Waals surface area contributed by atoms with Crippen LogP contribution in [0.5, 0.6) is 0 Å². The smallest absolute Gasteiger partial charge is 0.0831 e. The van der Waals surface area contributed by atoms with Crippen molar-refractivity contribution in [2.75, 3.05) is 0 Å². The third-order valence-electron chi connectivity index (χ3n) is 2.54. The van der Waals surface area contributed by atoms with Crippen LogP contribution in [0.3, 0.4) is 0 Å². The number of hydrogen-bond acceptors (Lipinski definition) is 2. The van der Waals surface area contributed by atoms with Crippen LogP contribution in [0.4, 0.5) is 0 Å². The van der Waals surface area contributed by atoms with Gasteiger partial charge in [0, 0.05) is 28.9 Å². The predicted molar refractivity (Wildman–Crippen MR) is 74.4 cm³/mol. The van der Waals surface area contributed by atoms with Crippen LogP contribution < -0.4 is 0 Å². The Labute approximate surface area is 120 Å². The third kappa shape index (κ3) is 3.36.